The lowest BCUT2D eigenvalue weighted by Gasteiger charge is -2.17. The number of aromatic nitrogens is 2. The van der Waals surface area contributed by atoms with Crippen molar-refractivity contribution in [3.8, 4) is 5.75 Å². The molecule has 4 rings (SSSR count). The molecule has 0 unspecified atom stereocenters. The molecule has 0 amide bonds. The predicted octanol–water partition coefficient (Wildman–Crippen LogP) is 2.40. The number of hydrogen-bond donors (Lipinski definition) is 1. The Kier molecular flexibility index (Phi) is 5.93. The molecule has 2 heterocycles. The number of ether oxygens (including phenoxy) is 1. The number of nitrogens with zero attached hydrogens (tertiary/aromatic N) is 3. The summed E-state index contributed by atoms with van der Waals surface area (Å²) in [7, 11) is -3.98. The normalized spacial score (nSPS) is 17.2. The number of hydrogen-bond acceptors (Lipinski definition) is 6. The van der Waals surface area contributed by atoms with E-state index >= 15 is 0 Å². The maximum atomic E-state index is 13.9. The van der Waals surface area contributed by atoms with E-state index in [1.165, 1.54) is 28.9 Å². The summed E-state index contributed by atoms with van der Waals surface area (Å²) in [4.78, 5) is 24.0. The van der Waals surface area contributed by atoms with Gasteiger partial charge in [0, 0.05) is 11.9 Å². The van der Waals surface area contributed by atoms with Gasteiger partial charge < -0.3 is 9.84 Å². The molecular formula is C22H22FN3O6S. The van der Waals surface area contributed by atoms with Gasteiger partial charge >= 0.3 is 5.97 Å². The summed E-state index contributed by atoms with van der Waals surface area (Å²) < 4.78 is 48.0. The molecule has 0 radical (unpaired) electrons. The van der Waals surface area contributed by atoms with Crippen LogP contribution < -0.4 is 4.74 Å². The van der Waals surface area contributed by atoms with E-state index in [4.69, 9.17) is 9.84 Å². The van der Waals surface area contributed by atoms with Crippen LogP contribution in [0.25, 0.3) is 10.9 Å². The van der Waals surface area contributed by atoms with Gasteiger partial charge in [-0.25, -0.2) is 12.8 Å². The summed E-state index contributed by atoms with van der Waals surface area (Å²) in [5, 5.41) is 13.8. The van der Waals surface area contributed by atoms with E-state index in [1.54, 1.807) is 12.1 Å². The average Bonchev–Trinajstić information content (AvgIpc) is 3.28. The van der Waals surface area contributed by atoms with Gasteiger partial charge in [0.15, 0.2) is 5.78 Å². The molecule has 33 heavy (non-hydrogen) atoms. The van der Waals surface area contributed by atoms with Crippen LogP contribution in [-0.2, 0) is 26.0 Å². The molecule has 1 aliphatic rings. The Morgan fingerprint density at radius 3 is 2.58 bits per heavy atom. The molecule has 174 valence electrons. The fourth-order valence-electron chi connectivity index (χ4n) is 3.83. The third-order valence-electron chi connectivity index (χ3n) is 5.27. The molecule has 11 heteroatoms. The molecule has 0 spiro atoms. The zero-order valence-corrected chi connectivity index (χ0v) is 18.8. The molecule has 0 saturated carbocycles. The van der Waals surface area contributed by atoms with Gasteiger partial charge in [-0.05, 0) is 56.3 Å². The number of sulfonamides is 1. The third-order valence-corrected chi connectivity index (χ3v) is 7.10. The van der Waals surface area contributed by atoms with Crippen LogP contribution in [0.15, 0.2) is 47.4 Å². The smallest absolute Gasteiger partial charge is 0.309 e. The predicted molar refractivity (Wildman–Crippen MR) is 116 cm³/mol. The van der Waals surface area contributed by atoms with Crippen molar-refractivity contribution in [3.63, 3.8) is 0 Å². The van der Waals surface area contributed by atoms with Gasteiger partial charge in [0.2, 0.25) is 10.0 Å². The molecule has 1 saturated heterocycles. The van der Waals surface area contributed by atoms with Crippen LogP contribution in [0, 0.1) is 5.82 Å². The number of fused-ring (bicyclic) bond motifs is 1. The van der Waals surface area contributed by atoms with E-state index in [2.05, 4.69) is 5.10 Å². The number of Topliss-reactive ketones (excluding diaryl/α,β-unsaturated/α-hetero) is 1. The molecule has 1 atom stereocenters. The molecule has 0 bridgehead atoms. The number of ketones is 1. The zero-order valence-electron chi connectivity index (χ0n) is 17.9. The summed E-state index contributed by atoms with van der Waals surface area (Å²) in [5.41, 5.74) is 0.409. The van der Waals surface area contributed by atoms with E-state index in [1.807, 2.05) is 13.8 Å². The van der Waals surface area contributed by atoms with Crippen LogP contribution in [0.3, 0.4) is 0 Å². The maximum absolute atomic E-state index is 13.9. The minimum Gasteiger partial charge on any atom is -0.491 e. The molecule has 1 aliphatic heterocycles. The van der Waals surface area contributed by atoms with Gasteiger partial charge in [-0.2, -0.15) is 9.40 Å². The summed E-state index contributed by atoms with van der Waals surface area (Å²) in [6, 6.07) is 8.65. The second-order valence-corrected chi connectivity index (χ2v) is 9.98. The first-order chi connectivity index (χ1) is 15.6. The van der Waals surface area contributed by atoms with Crippen LogP contribution in [0.1, 0.15) is 25.6 Å². The van der Waals surface area contributed by atoms with Crippen molar-refractivity contribution in [1.82, 2.24) is 14.1 Å². The van der Waals surface area contributed by atoms with Crippen LogP contribution in [0.5, 0.6) is 5.75 Å². The number of aliphatic carboxylic acids is 1. The van der Waals surface area contributed by atoms with E-state index < -0.39 is 40.1 Å². The van der Waals surface area contributed by atoms with Crippen molar-refractivity contribution in [1.29, 1.82) is 0 Å². The number of carboxylic acid groups (broad SMARTS) is 1. The SMILES string of the molecule is CC(C)Oc1ccc(S(=O)(=O)N2CC(=O)[C@@H](n3nc(CC(=O)O)c4ccc(F)cc43)C2)cc1. The van der Waals surface area contributed by atoms with Gasteiger partial charge in [-0.15, -0.1) is 0 Å². The fourth-order valence-corrected chi connectivity index (χ4v) is 5.25. The first-order valence-electron chi connectivity index (χ1n) is 10.2. The summed E-state index contributed by atoms with van der Waals surface area (Å²) in [6.07, 6.45) is -0.479. The quantitative estimate of drug-likeness (QED) is 0.557. The molecule has 3 aromatic rings. The van der Waals surface area contributed by atoms with Crippen LogP contribution in [0.4, 0.5) is 4.39 Å². The maximum Gasteiger partial charge on any atom is 0.309 e. The highest BCUT2D eigenvalue weighted by Gasteiger charge is 2.40. The van der Waals surface area contributed by atoms with Crippen molar-refractivity contribution >= 4 is 32.7 Å². The van der Waals surface area contributed by atoms with Gasteiger partial charge in [-0.3, -0.25) is 14.3 Å². The number of rotatable bonds is 7. The summed E-state index contributed by atoms with van der Waals surface area (Å²) in [6.45, 7) is 3.13. The van der Waals surface area contributed by atoms with Crippen molar-refractivity contribution in [2.75, 3.05) is 13.1 Å². The Morgan fingerprint density at radius 2 is 1.94 bits per heavy atom. The molecule has 2 aromatic carbocycles. The minimum atomic E-state index is -3.98. The second-order valence-electron chi connectivity index (χ2n) is 8.04. The van der Waals surface area contributed by atoms with E-state index in [9.17, 15) is 22.4 Å². The number of benzene rings is 2. The standard InChI is InChI=1S/C22H22FN3O6S/c1-13(2)32-15-4-6-16(7-5-15)33(30,31)25-11-20(21(27)12-25)26-19-9-14(23)3-8-17(19)18(24-26)10-22(28)29/h3-9,13,20H,10-12H2,1-2H3,(H,28,29)/t20-/m0/s1. The van der Waals surface area contributed by atoms with Crippen molar-refractivity contribution in [2.24, 2.45) is 0 Å². The molecule has 1 aromatic heterocycles. The van der Waals surface area contributed by atoms with Gasteiger partial charge in [0.05, 0.1) is 35.2 Å². The Balaban J connectivity index is 1.65. The molecule has 0 aliphatic carbocycles. The first-order valence-corrected chi connectivity index (χ1v) is 11.7. The second kappa shape index (κ2) is 8.56. The van der Waals surface area contributed by atoms with Crippen molar-refractivity contribution in [3.05, 3.63) is 54.0 Å². The Labute approximate surface area is 189 Å². The summed E-state index contributed by atoms with van der Waals surface area (Å²) >= 11 is 0. The van der Waals surface area contributed by atoms with E-state index in [0.717, 1.165) is 10.4 Å². The van der Waals surface area contributed by atoms with Crippen LogP contribution in [0.2, 0.25) is 0 Å². The molecule has 9 nitrogen and oxygen atoms in total. The number of halogens is 1. The molecule has 1 fully saturated rings. The highest BCUT2D eigenvalue weighted by atomic mass is 32.2. The lowest BCUT2D eigenvalue weighted by atomic mass is 10.1. The highest BCUT2D eigenvalue weighted by molar-refractivity contribution is 7.89. The minimum absolute atomic E-state index is 0.00925. The lowest BCUT2D eigenvalue weighted by molar-refractivity contribution is -0.136. The van der Waals surface area contributed by atoms with Crippen molar-refractivity contribution in [2.45, 2.75) is 37.3 Å². The number of carboxylic acids is 1. The molecular weight excluding hydrogens is 453 g/mol. The van der Waals surface area contributed by atoms with E-state index in [-0.39, 0.29) is 35.3 Å². The fraction of sp³-hybridized carbons (Fsp3) is 0.318. The van der Waals surface area contributed by atoms with Gasteiger partial charge in [-0.1, -0.05) is 0 Å². The Morgan fingerprint density at radius 1 is 1.24 bits per heavy atom. The Bertz CT molecular complexity index is 1330. The largest absolute Gasteiger partial charge is 0.491 e. The monoisotopic (exact) mass is 475 g/mol. The van der Waals surface area contributed by atoms with Crippen LogP contribution >= 0.6 is 0 Å². The first kappa shape index (κ1) is 22.9. The highest BCUT2D eigenvalue weighted by Crippen LogP contribution is 2.30. The average molecular weight is 475 g/mol. The number of carbonyl (C=O) groups excluding carboxylic acids is 1. The van der Waals surface area contributed by atoms with Crippen molar-refractivity contribution < 1.29 is 32.2 Å². The number of carbonyl (C=O) groups is 2. The molecule has 1 N–H and O–H groups in total. The Hall–Kier alpha value is -3.31. The lowest BCUT2D eigenvalue weighted by Crippen LogP contribution is -2.29. The van der Waals surface area contributed by atoms with E-state index in [0.29, 0.717) is 11.1 Å². The topological polar surface area (TPSA) is 119 Å². The zero-order chi connectivity index (χ0) is 23.9. The van der Waals surface area contributed by atoms with Gasteiger partial charge in [0.25, 0.3) is 0 Å². The third kappa shape index (κ3) is 4.46. The van der Waals surface area contributed by atoms with Crippen LogP contribution in [-0.4, -0.2) is 58.6 Å². The summed E-state index contributed by atoms with van der Waals surface area (Å²) in [5.74, 6) is -1.61. The van der Waals surface area contributed by atoms with Gasteiger partial charge in [0.1, 0.15) is 17.6 Å².